The van der Waals surface area contributed by atoms with E-state index in [1.165, 1.54) is 4.57 Å². The van der Waals surface area contributed by atoms with E-state index in [0.717, 1.165) is 0 Å². The molecule has 0 aliphatic carbocycles. The minimum absolute atomic E-state index is 0.306. The van der Waals surface area contributed by atoms with Gasteiger partial charge in [0.1, 0.15) is 5.52 Å². The zero-order valence-corrected chi connectivity index (χ0v) is 11.5. The second-order valence-corrected chi connectivity index (χ2v) is 4.15. The first kappa shape index (κ1) is 13.9. The first-order chi connectivity index (χ1) is 9.49. The summed E-state index contributed by atoms with van der Waals surface area (Å²) in [6.45, 7) is 6.30. The number of carbonyl (C=O) groups is 1. The van der Waals surface area contributed by atoms with Gasteiger partial charge in [-0.15, -0.1) is 0 Å². The molecule has 20 heavy (non-hydrogen) atoms. The van der Waals surface area contributed by atoms with E-state index < -0.39 is 17.2 Å². The smallest absolute Gasteiger partial charge is 0.360 e. The maximum atomic E-state index is 12.1. The Morgan fingerprint density at radius 2 is 2.00 bits per heavy atom. The van der Waals surface area contributed by atoms with Crippen LogP contribution in [0, 0.1) is 6.92 Å². The maximum Gasteiger partial charge on any atom is 0.360 e. The van der Waals surface area contributed by atoms with E-state index in [1.807, 2.05) is 6.92 Å². The fraction of sp³-hybridized carbons (Fsp3) is 0.417. The molecule has 0 radical (unpaired) electrons. The third-order valence-electron chi connectivity index (χ3n) is 2.82. The van der Waals surface area contributed by atoms with Crippen molar-refractivity contribution >= 4 is 23.1 Å². The predicted octanol–water partition coefficient (Wildman–Crippen LogP) is 0.645. The Morgan fingerprint density at radius 3 is 2.55 bits per heavy atom. The number of fused-ring (bicyclic) bond motifs is 1. The van der Waals surface area contributed by atoms with Gasteiger partial charge in [-0.1, -0.05) is 0 Å². The largest absolute Gasteiger partial charge is 0.476 e. The van der Waals surface area contributed by atoms with Crippen LogP contribution in [0.2, 0.25) is 0 Å². The molecule has 2 N–H and O–H groups in total. The van der Waals surface area contributed by atoms with Crippen LogP contribution in [0.15, 0.2) is 4.79 Å². The van der Waals surface area contributed by atoms with Crippen LogP contribution in [0.5, 0.6) is 0 Å². The van der Waals surface area contributed by atoms with Crippen molar-refractivity contribution in [2.24, 2.45) is 0 Å². The summed E-state index contributed by atoms with van der Waals surface area (Å²) >= 11 is 0. The molecule has 2 heterocycles. The maximum absolute atomic E-state index is 12.1. The van der Waals surface area contributed by atoms with Crippen molar-refractivity contribution in [3.8, 4) is 0 Å². The Kier molecular flexibility index (Phi) is 3.64. The second kappa shape index (κ2) is 5.24. The van der Waals surface area contributed by atoms with Gasteiger partial charge in [-0.05, 0) is 20.8 Å². The highest BCUT2D eigenvalue weighted by atomic mass is 16.4. The van der Waals surface area contributed by atoms with Crippen molar-refractivity contribution in [1.29, 1.82) is 0 Å². The van der Waals surface area contributed by atoms with Gasteiger partial charge < -0.3 is 10.4 Å². The third kappa shape index (κ3) is 2.20. The van der Waals surface area contributed by atoms with Crippen LogP contribution in [0.3, 0.4) is 0 Å². The Bertz CT molecular complexity index is 738. The summed E-state index contributed by atoms with van der Waals surface area (Å²) in [5.74, 6) is -0.960. The second-order valence-electron chi connectivity index (χ2n) is 4.15. The van der Waals surface area contributed by atoms with E-state index in [-0.39, 0.29) is 0 Å². The molecular formula is C12H15N5O3. The monoisotopic (exact) mass is 277 g/mol. The quantitative estimate of drug-likeness (QED) is 0.843. The Hall–Kier alpha value is -2.51. The molecule has 2 aromatic rings. The number of carboxylic acids is 1. The van der Waals surface area contributed by atoms with Crippen LogP contribution < -0.4 is 10.9 Å². The Labute approximate surface area is 114 Å². The van der Waals surface area contributed by atoms with Crippen LogP contribution in [0.1, 0.15) is 30.0 Å². The van der Waals surface area contributed by atoms with Gasteiger partial charge in [0.15, 0.2) is 5.65 Å². The van der Waals surface area contributed by atoms with E-state index in [0.29, 0.717) is 35.9 Å². The fourth-order valence-corrected chi connectivity index (χ4v) is 1.92. The van der Waals surface area contributed by atoms with Gasteiger partial charge in [-0.25, -0.2) is 14.8 Å². The topological polar surface area (TPSA) is 110 Å². The first-order valence-electron chi connectivity index (χ1n) is 6.25. The zero-order valence-electron chi connectivity index (χ0n) is 11.5. The summed E-state index contributed by atoms with van der Waals surface area (Å²) in [5, 5.41) is 12.0. The molecule has 0 aliphatic heterocycles. The zero-order chi connectivity index (χ0) is 14.9. The lowest BCUT2D eigenvalue weighted by atomic mass is 10.3. The highest BCUT2D eigenvalue weighted by molar-refractivity contribution is 5.88. The molecule has 0 amide bonds. The van der Waals surface area contributed by atoms with E-state index in [9.17, 15) is 9.59 Å². The van der Waals surface area contributed by atoms with E-state index in [1.54, 1.807) is 13.8 Å². The molecule has 0 fully saturated rings. The molecule has 0 atom stereocenters. The number of aromatic nitrogens is 4. The molecule has 8 nitrogen and oxygen atoms in total. The number of nitrogens with one attached hydrogen (secondary N) is 1. The number of rotatable bonds is 4. The van der Waals surface area contributed by atoms with Crippen molar-refractivity contribution < 1.29 is 9.90 Å². The normalized spacial score (nSPS) is 10.8. The van der Waals surface area contributed by atoms with Crippen molar-refractivity contribution in [3.05, 3.63) is 21.7 Å². The number of hydrogen-bond acceptors (Lipinski definition) is 6. The number of carboxylic acid groups (broad SMARTS) is 1. The van der Waals surface area contributed by atoms with Crippen molar-refractivity contribution in [2.45, 2.75) is 27.3 Å². The molecule has 0 saturated heterocycles. The van der Waals surface area contributed by atoms with Gasteiger partial charge in [-0.3, -0.25) is 9.36 Å². The Balaban J connectivity index is 2.88. The molecule has 0 spiro atoms. The predicted molar refractivity (Wildman–Crippen MR) is 73.1 cm³/mol. The Morgan fingerprint density at radius 1 is 1.30 bits per heavy atom. The van der Waals surface area contributed by atoms with Crippen LogP contribution in [-0.2, 0) is 6.54 Å². The highest BCUT2D eigenvalue weighted by Crippen LogP contribution is 2.14. The SMILES string of the molecule is CCNc1nc(C)c2nc(C(=O)O)c(=O)n(CC)c2n1. The lowest BCUT2D eigenvalue weighted by Gasteiger charge is -2.11. The highest BCUT2D eigenvalue weighted by Gasteiger charge is 2.18. The molecule has 8 heteroatoms. The summed E-state index contributed by atoms with van der Waals surface area (Å²) in [6.07, 6.45) is 0. The van der Waals surface area contributed by atoms with Crippen LogP contribution in [0.25, 0.3) is 11.2 Å². The summed E-state index contributed by atoms with van der Waals surface area (Å²) in [7, 11) is 0. The van der Waals surface area contributed by atoms with E-state index in [2.05, 4.69) is 20.3 Å². The molecule has 2 rings (SSSR count). The minimum atomic E-state index is -1.35. The molecule has 0 unspecified atom stereocenters. The van der Waals surface area contributed by atoms with Gasteiger partial charge in [-0.2, -0.15) is 4.98 Å². The van der Waals surface area contributed by atoms with Gasteiger partial charge >= 0.3 is 5.97 Å². The molecule has 0 saturated carbocycles. The molecule has 2 aromatic heterocycles. The van der Waals surface area contributed by atoms with Crippen LogP contribution in [-0.4, -0.2) is 37.1 Å². The lowest BCUT2D eigenvalue weighted by Crippen LogP contribution is -2.29. The number of anilines is 1. The molecular weight excluding hydrogens is 262 g/mol. The number of aromatic carboxylic acids is 1. The first-order valence-corrected chi connectivity index (χ1v) is 6.25. The number of nitrogens with zero attached hydrogens (tertiary/aromatic N) is 4. The van der Waals surface area contributed by atoms with Gasteiger partial charge in [0.25, 0.3) is 5.56 Å². The fourth-order valence-electron chi connectivity index (χ4n) is 1.92. The van der Waals surface area contributed by atoms with Crippen molar-refractivity contribution in [2.75, 3.05) is 11.9 Å². The van der Waals surface area contributed by atoms with E-state index in [4.69, 9.17) is 5.11 Å². The molecule has 0 aromatic carbocycles. The van der Waals surface area contributed by atoms with E-state index >= 15 is 0 Å². The van der Waals surface area contributed by atoms with Crippen LogP contribution >= 0.6 is 0 Å². The molecule has 106 valence electrons. The average molecular weight is 277 g/mol. The lowest BCUT2D eigenvalue weighted by molar-refractivity contribution is 0.0688. The summed E-state index contributed by atoms with van der Waals surface area (Å²) in [6, 6.07) is 0. The standard InChI is InChI=1S/C12H15N5O3/c1-4-13-12-14-6(3)7-9(16-12)17(5-2)10(18)8(15-7)11(19)20/h4-5H2,1-3H3,(H,19,20)(H,13,14,16). The van der Waals surface area contributed by atoms with Crippen LogP contribution in [0.4, 0.5) is 5.95 Å². The van der Waals surface area contributed by atoms with Crippen molar-refractivity contribution in [1.82, 2.24) is 19.5 Å². The number of hydrogen-bond donors (Lipinski definition) is 2. The summed E-state index contributed by atoms with van der Waals surface area (Å²) in [4.78, 5) is 35.5. The molecule has 0 bridgehead atoms. The van der Waals surface area contributed by atoms with Gasteiger partial charge in [0, 0.05) is 13.1 Å². The summed E-state index contributed by atoms with van der Waals surface area (Å²) < 4.78 is 1.29. The number of aryl methyl sites for hydroxylation is 2. The van der Waals surface area contributed by atoms with Gasteiger partial charge in [0.2, 0.25) is 11.6 Å². The average Bonchev–Trinajstić information content (AvgIpc) is 2.38. The van der Waals surface area contributed by atoms with Crippen molar-refractivity contribution in [3.63, 3.8) is 0 Å². The molecule has 0 aliphatic rings. The third-order valence-corrected chi connectivity index (χ3v) is 2.82. The minimum Gasteiger partial charge on any atom is -0.476 e. The van der Waals surface area contributed by atoms with Gasteiger partial charge in [0.05, 0.1) is 5.69 Å². The summed E-state index contributed by atoms with van der Waals surface area (Å²) in [5.41, 5.74) is 0.0161.